The molecule has 1 aromatic carbocycles. The van der Waals surface area contributed by atoms with Gasteiger partial charge < -0.3 is 16.0 Å². The Kier molecular flexibility index (Phi) is 2.68. The normalized spacial score (nSPS) is 29.6. The number of carbonyl (C=O) groups excluding carboxylic acids is 1. The predicted octanol–water partition coefficient (Wildman–Crippen LogP) is 1.68. The van der Waals surface area contributed by atoms with Crippen LogP contribution in [-0.4, -0.2) is 25.2 Å². The van der Waals surface area contributed by atoms with Gasteiger partial charge in [0.05, 0.1) is 0 Å². The van der Waals surface area contributed by atoms with Crippen molar-refractivity contribution in [2.75, 3.05) is 18.4 Å². The lowest BCUT2D eigenvalue weighted by Crippen LogP contribution is -2.35. The number of nitrogens with one attached hydrogen (secondary N) is 3. The third-order valence-electron chi connectivity index (χ3n) is 3.49. The predicted molar refractivity (Wildman–Crippen MR) is 67.2 cm³/mol. The van der Waals surface area contributed by atoms with Crippen molar-refractivity contribution in [1.82, 2.24) is 10.6 Å². The zero-order chi connectivity index (χ0) is 11.8. The zero-order valence-electron chi connectivity index (χ0n) is 9.24. The van der Waals surface area contributed by atoms with Gasteiger partial charge in [0.1, 0.15) is 0 Å². The number of amides is 2. The van der Waals surface area contributed by atoms with Gasteiger partial charge in [0.25, 0.3) is 0 Å². The molecule has 1 aliphatic carbocycles. The highest BCUT2D eigenvalue weighted by Crippen LogP contribution is 2.41. The molecule has 0 spiro atoms. The monoisotopic (exact) mass is 251 g/mol. The van der Waals surface area contributed by atoms with Crippen molar-refractivity contribution in [3.63, 3.8) is 0 Å². The Morgan fingerprint density at radius 1 is 1.24 bits per heavy atom. The molecule has 1 saturated carbocycles. The molecule has 0 radical (unpaired) electrons. The second-order valence-electron chi connectivity index (χ2n) is 4.62. The first-order valence-electron chi connectivity index (χ1n) is 5.78. The molecule has 2 amide bonds. The highest BCUT2D eigenvalue weighted by atomic mass is 35.5. The number of piperidine rings is 1. The van der Waals surface area contributed by atoms with Crippen LogP contribution in [0.15, 0.2) is 24.3 Å². The summed E-state index contributed by atoms with van der Waals surface area (Å²) in [4.78, 5) is 11.7. The van der Waals surface area contributed by atoms with E-state index in [1.54, 1.807) is 24.3 Å². The van der Waals surface area contributed by atoms with Crippen molar-refractivity contribution in [3.05, 3.63) is 29.3 Å². The Labute approximate surface area is 105 Å². The Balaban J connectivity index is 1.52. The first-order valence-corrected chi connectivity index (χ1v) is 6.15. The molecule has 5 heteroatoms. The van der Waals surface area contributed by atoms with Gasteiger partial charge in [-0.3, -0.25) is 0 Å². The van der Waals surface area contributed by atoms with Crippen molar-refractivity contribution < 1.29 is 4.79 Å². The van der Waals surface area contributed by atoms with Crippen LogP contribution < -0.4 is 16.0 Å². The molecule has 4 nitrogen and oxygen atoms in total. The molecule has 3 atom stereocenters. The van der Waals surface area contributed by atoms with E-state index in [0.717, 1.165) is 18.8 Å². The van der Waals surface area contributed by atoms with Crippen LogP contribution in [0.1, 0.15) is 0 Å². The summed E-state index contributed by atoms with van der Waals surface area (Å²) in [7, 11) is 0. The first kappa shape index (κ1) is 10.9. The number of carbonyl (C=O) groups is 1. The van der Waals surface area contributed by atoms with Crippen molar-refractivity contribution in [3.8, 4) is 0 Å². The summed E-state index contributed by atoms with van der Waals surface area (Å²) in [6, 6.07) is 7.31. The van der Waals surface area contributed by atoms with E-state index < -0.39 is 0 Å². The van der Waals surface area contributed by atoms with Crippen LogP contribution in [0.5, 0.6) is 0 Å². The molecule has 3 rings (SSSR count). The summed E-state index contributed by atoms with van der Waals surface area (Å²) in [5.41, 5.74) is 0.760. The fourth-order valence-electron chi connectivity index (χ4n) is 2.48. The van der Waals surface area contributed by atoms with E-state index in [1.165, 1.54) is 0 Å². The molecule has 90 valence electrons. The number of halogens is 1. The molecular weight excluding hydrogens is 238 g/mol. The van der Waals surface area contributed by atoms with E-state index in [-0.39, 0.29) is 6.03 Å². The van der Waals surface area contributed by atoms with Gasteiger partial charge in [-0.2, -0.15) is 0 Å². The van der Waals surface area contributed by atoms with Gasteiger partial charge in [-0.15, -0.1) is 0 Å². The lowest BCUT2D eigenvalue weighted by molar-refractivity contribution is 0.250. The maximum atomic E-state index is 11.7. The smallest absolute Gasteiger partial charge is 0.319 e. The highest BCUT2D eigenvalue weighted by molar-refractivity contribution is 6.30. The SMILES string of the molecule is O=C(Nc1ccc(Cl)cc1)NC1[C@H]2CNC[C@@H]12. The van der Waals surface area contributed by atoms with Gasteiger partial charge in [0.2, 0.25) is 0 Å². The molecular formula is C12H14ClN3O. The second-order valence-corrected chi connectivity index (χ2v) is 5.05. The summed E-state index contributed by atoms with van der Waals surface area (Å²) >= 11 is 5.77. The van der Waals surface area contributed by atoms with Crippen molar-refractivity contribution >= 4 is 23.3 Å². The molecule has 1 aromatic rings. The molecule has 2 fully saturated rings. The van der Waals surface area contributed by atoms with Crippen molar-refractivity contribution in [2.45, 2.75) is 6.04 Å². The van der Waals surface area contributed by atoms with Crippen LogP contribution in [0.25, 0.3) is 0 Å². The minimum absolute atomic E-state index is 0.133. The maximum absolute atomic E-state index is 11.7. The van der Waals surface area contributed by atoms with Crippen LogP contribution in [0.2, 0.25) is 5.02 Å². The van der Waals surface area contributed by atoms with Gasteiger partial charge in [0.15, 0.2) is 0 Å². The summed E-state index contributed by atoms with van der Waals surface area (Å²) in [5.74, 6) is 1.26. The third-order valence-corrected chi connectivity index (χ3v) is 3.74. The van der Waals surface area contributed by atoms with Crippen LogP contribution in [0.3, 0.4) is 0 Å². The average Bonchev–Trinajstić information content (AvgIpc) is 2.77. The molecule has 1 unspecified atom stereocenters. The van der Waals surface area contributed by atoms with Crippen LogP contribution >= 0.6 is 11.6 Å². The average molecular weight is 252 g/mol. The second kappa shape index (κ2) is 4.20. The summed E-state index contributed by atoms with van der Waals surface area (Å²) in [5, 5.41) is 9.76. The first-order chi connectivity index (χ1) is 8.24. The number of urea groups is 1. The molecule has 1 saturated heterocycles. The lowest BCUT2D eigenvalue weighted by Gasteiger charge is -2.09. The van der Waals surface area contributed by atoms with Crippen molar-refractivity contribution in [1.29, 1.82) is 0 Å². The maximum Gasteiger partial charge on any atom is 0.319 e. The van der Waals surface area contributed by atoms with Gasteiger partial charge >= 0.3 is 6.03 Å². The largest absolute Gasteiger partial charge is 0.334 e. The standard InChI is InChI=1S/C12H14ClN3O/c13-7-1-3-8(4-2-7)15-12(17)16-11-9-5-14-6-10(9)11/h1-4,9-11,14H,5-6H2,(H2,15,16,17)/t9-,10+,11?. The van der Waals surface area contributed by atoms with E-state index in [0.29, 0.717) is 22.9 Å². The van der Waals surface area contributed by atoms with Crippen LogP contribution in [0.4, 0.5) is 10.5 Å². The quantitative estimate of drug-likeness (QED) is 0.749. The Morgan fingerprint density at radius 3 is 2.53 bits per heavy atom. The Hall–Kier alpha value is -1.26. The molecule has 0 bridgehead atoms. The topological polar surface area (TPSA) is 53.2 Å². The number of hydrogen-bond acceptors (Lipinski definition) is 2. The molecule has 17 heavy (non-hydrogen) atoms. The van der Waals surface area contributed by atoms with E-state index in [2.05, 4.69) is 16.0 Å². The molecule has 1 heterocycles. The van der Waals surface area contributed by atoms with Gasteiger partial charge in [0, 0.05) is 29.8 Å². The van der Waals surface area contributed by atoms with Gasteiger partial charge in [-0.1, -0.05) is 11.6 Å². The molecule has 1 aliphatic heterocycles. The molecule has 3 N–H and O–H groups in total. The Morgan fingerprint density at radius 2 is 1.88 bits per heavy atom. The number of rotatable bonds is 2. The fraction of sp³-hybridized carbons (Fsp3) is 0.417. The van der Waals surface area contributed by atoms with E-state index in [4.69, 9.17) is 11.6 Å². The number of benzene rings is 1. The van der Waals surface area contributed by atoms with Gasteiger partial charge in [-0.25, -0.2) is 4.79 Å². The van der Waals surface area contributed by atoms with E-state index in [1.807, 2.05) is 0 Å². The summed E-state index contributed by atoms with van der Waals surface area (Å²) in [6.45, 7) is 2.05. The summed E-state index contributed by atoms with van der Waals surface area (Å²) in [6.07, 6.45) is 0. The minimum Gasteiger partial charge on any atom is -0.334 e. The van der Waals surface area contributed by atoms with E-state index >= 15 is 0 Å². The Bertz CT molecular complexity index is 424. The van der Waals surface area contributed by atoms with Gasteiger partial charge in [-0.05, 0) is 36.1 Å². The lowest BCUT2D eigenvalue weighted by atomic mass is 10.3. The minimum atomic E-state index is -0.133. The fourth-order valence-corrected chi connectivity index (χ4v) is 2.61. The number of anilines is 1. The highest BCUT2D eigenvalue weighted by Gasteiger charge is 2.53. The van der Waals surface area contributed by atoms with Crippen LogP contribution in [-0.2, 0) is 0 Å². The molecule has 2 aliphatic rings. The molecule has 0 aromatic heterocycles. The summed E-state index contributed by atoms with van der Waals surface area (Å²) < 4.78 is 0. The zero-order valence-corrected chi connectivity index (χ0v) is 10.00. The number of hydrogen-bond donors (Lipinski definition) is 3. The van der Waals surface area contributed by atoms with Crippen LogP contribution in [0, 0.1) is 11.8 Å². The third kappa shape index (κ3) is 2.23. The number of fused-ring (bicyclic) bond motifs is 1. The van der Waals surface area contributed by atoms with E-state index in [9.17, 15) is 4.79 Å². The van der Waals surface area contributed by atoms with Crippen molar-refractivity contribution in [2.24, 2.45) is 11.8 Å².